The molecule has 0 fully saturated rings. The zero-order valence-electron chi connectivity index (χ0n) is 9.84. The van der Waals surface area contributed by atoms with Crippen LogP contribution >= 0.6 is 27.5 Å². The van der Waals surface area contributed by atoms with Gasteiger partial charge in [-0.1, -0.05) is 17.7 Å². The molecule has 0 radical (unpaired) electrons. The number of nitro benzene ring substituents is 1. The van der Waals surface area contributed by atoms with Crippen molar-refractivity contribution in [2.75, 3.05) is 5.32 Å². The molecule has 0 bridgehead atoms. The van der Waals surface area contributed by atoms with Crippen molar-refractivity contribution in [3.63, 3.8) is 0 Å². The maximum absolute atomic E-state index is 12.0. The lowest BCUT2D eigenvalue weighted by molar-refractivity contribution is -0.384. The smallest absolute Gasteiger partial charge is 0.270 e. The molecule has 2 rings (SSSR count). The van der Waals surface area contributed by atoms with E-state index >= 15 is 0 Å². The summed E-state index contributed by atoms with van der Waals surface area (Å²) in [7, 11) is 0. The third-order valence-electron chi connectivity index (χ3n) is 2.37. The van der Waals surface area contributed by atoms with Gasteiger partial charge < -0.3 is 5.32 Å². The predicted octanol–water partition coefficient (Wildman–Crippen LogP) is 3.66. The summed E-state index contributed by atoms with van der Waals surface area (Å²) in [5.74, 6) is -0.468. The number of hydrogen-bond acceptors (Lipinski definition) is 4. The molecular weight excluding hydrogens is 350 g/mol. The fourth-order valence-corrected chi connectivity index (χ4v) is 1.91. The Kier molecular flexibility index (Phi) is 4.31. The first-order valence-electron chi connectivity index (χ1n) is 5.34. The molecule has 0 aliphatic rings. The van der Waals surface area contributed by atoms with E-state index < -0.39 is 10.8 Å². The van der Waals surface area contributed by atoms with E-state index in [-0.39, 0.29) is 16.4 Å². The number of carbonyl (C=O) groups is 1. The van der Waals surface area contributed by atoms with Gasteiger partial charge >= 0.3 is 0 Å². The third-order valence-corrected chi connectivity index (χ3v) is 3.51. The second-order valence-corrected chi connectivity index (χ2v) is 4.97. The second kappa shape index (κ2) is 5.98. The van der Waals surface area contributed by atoms with Gasteiger partial charge in [-0.3, -0.25) is 14.9 Å². The number of nitrogens with one attached hydrogen (secondary N) is 1. The Morgan fingerprint density at radius 3 is 2.80 bits per heavy atom. The highest BCUT2D eigenvalue weighted by atomic mass is 79.9. The summed E-state index contributed by atoms with van der Waals surface area (Å²) in [5.41, 5.74) is 0.469. The van der Waals surface area contributed by atoms with Crippen LogP contribution in [-0.4, -0.2) is 15.8 Å². The number of pyridine rings is 1. The van der Waals surface area contributed by atoms with Crippen LogP contribution < -0.4 is 5.32 Å². The first-order chi connectivity index (χ1) is 9.47. The van der Waals surface area contributed by atoms with Crippen LogP contribution in [0, 0.1) is 10.1 Å². The van der Waals surface area contributed by atoms with Gasteiger partial charge in [0, 0.05) is 17.7 Å². The molecule has 1 aromatic carbocycles. The maximum Gasteiger partial charge on any atom is 0.270 e. The van der Waals surface area contributed by atoms with Crippen molar-refractivity contribution in [1.29, 1.82) is 0 Å². The van der Waals surface area contributed by atoms with Gasteiger partial charge in [0.25, 0.3) is 11.6 Å². The molecule has 102 valence electrons. The van der Waals surface area contributed by atoms with Crippen LogP contribution in [0.5, 0.6) is 0 Å². The Morgan fingerprint density at radius 2 is 2.15 bits per heavy atom. The normalized spacial score (nSPS) is 10.1. The van der Waals surface area contributed by atoms with Crippen molar-refractivity contribution in [1.82, 2.24) is 4.98 Å². The first-order valence-corrected chi connectivity index (χ1v) is 6.51. The Bertz CT molecular complexity index is 693. The molecule has 2 aromatic rings. The molecule has 1 aromatic heterocycles. The van der Waals surface area contributed by atoms with Gasteiger partial charge in [-0.2, -0.15) is 0 Å². The van der Waals surface area contributed by atoms with E-state index in [2.05, 4.69) is 26.2 Å². The van der Waals surface area contributed by atoms with E-state index in [0.717, 1.165) is 0 Å². The average molecular weight is 357 g/mol. The molecule has 0 aliphatic heterocycles. The van der Waals surface area contributed by atoms with Crippen LogP contribution in [0.25, 0.3) is 0 Å². The minimum absolute atomic E-state index is 0.145. The number of carbonyl (C=O) groups excluding carboxylic acids is 1. The van der Waals surface area contributed by atoms with Crippen LogP contribution in [-0.2, 0) is 0 Å². The third kappa shape index (κ3) is 3.31. The Hall–Kier alpha value is -1.99. The SMILES string of the molecule is O=C(Nc1cnc(Cl)c(Br)c1)c1cccc([N+](=O)[O-])c1. The van der Waals surface area contributed by atoms with Gasteiger partial charge in [0.2, 0.25) is 0 Å². The number of non-ortho nitro benzene ring substituents is 1. The fraction of sp³-hybridized carbons (Fsp3) is 0. The number of halogens is 2. The van der Waals surface area contributed by atoms with Crippen LogP contribution in [0.4, 0.5) is 11.4 Å². The highest BCUT2D eigenvalue weighted by Crippen LogP contribution is 2.23. The van der Waals surface area contributed by atoms with Crippen LogP contribution in [0.3, 0.4) is 0 Å². The fourth-order valence-electron chi connectivity index (χ4n) is 1.45. The lowest BCUT2D eigenvalue weighted by Gasteiger charge is -2.05. The van der Waals surface area contributed by atoms with Crippen molar-refractivity contribution < 1.29 is 9.72 Å². The second-order valence-electron chi connectivity index (χ2n) is 3.76. The number of nitrogens with zero attached hydrogens (tertiary/aromatic N) is 2. The zero-order valence-corrected chi connectivity index (χ0v) is 12.2. The molecule has 1 N–H and O–H groups in total. The molecule has 0 atom stereocenters. The standard InChI is InChI=1S/C12H7BrClN3O3/c13-10-5-8(6-15-11(10)14)16-12(18)7-2-1-3-9(4-7)17(19)20/h1-6H,(H,16,18). The molecule has 0 saturated heterocycles. The molecule has 8 heteroatoms. The van der Waals surface area contributed by atoms with Crippen molar-refractivity contribution in [2.45, 2.75) is 0 Å². The van der Waals surface area contributed by atoms with Gasteiger partial charge in [-0.05, 0) is 28.1 Å². The number of amides is 1. The first kappa shape index (κ1) is 14.4. The summed E-state index contributed by atoms with van der Waals surface area (Å²) in [5, 5.41) is 13.5. The van der Waals surface area contributed by atoms with Crippen molar-refractivity contribution in [3.8, 4) is 0 Å². The number of nitro groups is 1. The van der Waals surface area contributed by atoms with Gasteiger partial charge in [0.15, 0.2) is 0 Å². The summed E-state index contributed by atoms with van der Waals surface area (Å²) in [6.45, 7) is 0. The van der Waals surface area contributed by atoms with Gasteiger partial charge in [0.1, 0.15) is 5.15 Å². The number of aromatic nitrogens is 1. The Morgan fingerprint density at radius 1 is 1.40 bits per heavy atom. The molecule has 0 spiro atoms. The lowest BCUT2D eigenvalue weighted by Crippen LogP contribution is -2.12. The Labute approximate surface area is 127 Å². The summed E-state index contributed by atoms with van der Waals surface area (Å²) >= 11 is 8.93. The summed E-state index contributed by atoms with van der Waals surface area (Å²) < 4.78 is 0.538. The Balaban J connectivity index is 2.21. The summed E-state index contributed by atoms with van der Waals surface area (Å²) in [6, 6.07) is 7.04. The molecule has 6 nitrogen and oxygen atoms in total. The summed E-state index contributed by atoms with van der Waals surface area (Å²) in [4.78, 5) is 25.9. The number of anilines is 1. The molecular formula is C12H7BrClN3O3. The monoisotopic (exact) mass is 355 g/mol. The van der Waals surface area contributed by atoms with E-state index in [1.165, 1.54) is 30.5 Å². The molecule has 0 saturated carbocycles. The highest BCUT2D eigenvalue weighted by molar-refractivity contribution is 9.10. The van der Waals surface area contributed by atoms with Crippen LogP contribution in [0.2, 0.25) is 5.15 Å². The van der Waals surface area contributed by atoms with E-state index in [1.54, 1.807) is 6.07 Å². The molecule has 0 aliphatic carbocycles. The van der Waals surface area contributed by atoms with Gasteiger partial charge in [-0.25, -0.2) is 4.98 Å². The molecule has 20 heavy (non-hydrogen) atoms. The quantitative estimate of drug-likeness (QED) is 0.516. The van der Waals surface area contributed by atoms with Crippen LogP contribution in [0.15, 0.2) is 41.0 Å². The van der Waals surface area contributed by atoms with Crippen molar-refractivity contribution in [2.24, 2.45) is 0 Å². The van der Waals surface area contributed by atoms with E-state index in [0.29, 0.717) is 10.2 Å². The molecule has 0 unspecified atom stereocenters. The molecule has 1 heterocycles. The predicted molar refractivity (Wildman–Crippen MR) is 78.0 cm³/mol. The van der Waals surface area contributed by atoms with E-state index in [9.17, 15) is 14.9 Å². The minimum Gasteiger partial charge on any atom is -0.321 e. The van der Waals surface area contributed by atoms with Crippen molar-refractivity contribution in [3.05, 3.63) is 61.8 Å². The largest absolute Gasteiger partial charge is 0.321 e. The van der Waals surface area contributed by atoms with Crippen LogP contribution in [0.1, 0.15) is 10.4 Å². The average Bonchev–Trinajstić information content (AvgIpc) is 2.43. The molecule has 1 amide bonds. The summed E-state index contributed by atoms with van der Waals surface area (Å²) in [6.07, 6.45) is 1.39. The van der Waals surface area contributed by atoms with E-state index in [1.807, 2.05) is 0 Å². The van der Waals surface area contributed by atoms with Gasteiger partial charge in [0.05, 0.1) is 21.3 Å². The minimum atomic E-state index is -0.558. The highest BCUT2D eigenvalue weighted by Gasteiger charge is 2.12. The lowest BCUT2D eigenvalue weighted by atomic mass is 10.2. The zero-order chi connectivity index (χ0) is 14.7. The number of hydrogen-bond donors (Lipinski definition) is 1. The number of benzene rings is 1. The van der Waals surface area contributed by atoms with E-state index in [4.69, 9.17) is 11.6 Å². The topological polar surface area (TPSA) is 85.1 Å². The van der Waals surface area contributed by atoms with Crippen molar-refractivity contribution >= 4 is 44.8 Å². The van der Waals surface area contributed by atoms with Gasteiger partial charge in [-0.15, -0.1) is 0 Å². The maximum atomic E-state index is 12.0. The number of rotatable bonds is 3.